The molecule has 12 aromatic rings. The first-order valence-corrected chi connectivity index (χ1v) is 31.9. The minimum absolute atomic E-state index is 0. The van der Waals surface area contributed by atoms with Gasteiger partial charge in [-0.15, -0.1) is 0 Å². The summed E-state index contributed by atoms with van der Waals surface area (Å²) in [5, 5.41) is 7.20. The van der Waals surface area contributed by atoms with E-state index in [2.05, 4.69) is 363 Å². The molecule has 22 rings (SSSR count). The van der Waals surface area contributed by atoms with Crippen molar-refractivity contribution in [3.8, 4) is 0 Å². The first-order valence-electron chi connectivity index (χ1n) is 31.3. The van der Waals surface area contributed by atoms with Gasteiger partial charge in [0.05, 0.1) is 102 Å². The molecule has 0 aromatic heterocycles. The third kappa shape index (κ3) is 7.81. The molecule has 10 aliphatic heterocycles. The molecule has 436 valence electrons. The SMILES string of the molecule is SCCCN1c2ccccc2Nc2ccccc2Nc2ccccc21.[Li+].c1ccc2c(c1)N1B3N2c2ccccc2N3c2ccccc21.c1ccc2c(c1)N1c3ccccc3N3c4ccccc4N2C13.c1ccc2c(c1)N1c3ccccc3N3c4ccccc4N2[C-]13. The number of anilines is 24. The van der Waals surface area contributed by atoms with Gasteiger partial charge in [-0.1, -0.05) is 146 Å². The summed E-state index contributed by atoms with van der Waals surface area (Å²) < 4.78 is 0. The van der Waals surface area contributed by atoms with E-state index in [9.17, 15) is 0 Å². The summed E-state index contributed by atoms with van der Waals surface area (Å²) >= 11 is 4.41. The maximum absolute atomic E-state index is 4.41. The molecule has 12 nitrogen and oxygen atoms in total. The van der Waals surface area contributed by atoms with E-state index in [1.165, 1.54) is 120 Å². The van der Waals surface area contributed by atoms with E-state index >= 15 is 0 Å². The maximum atomic E-state index is 4.41. The molecule has 0 radical (unpaired) electrons. The Morgan fingerprint density at radius 1 is 0.283 bits per heavy atom. The van der Waals surface area contributed by atoms with Gasteiger partial charge < -0.3 is 44.7 Å². The third-order valence-corrected chi connectivity index (χ3v) is 19.2. The van der Waals surface area contributed by atoms with Crippen LogP contribution in [0.5, 0.6) is 0 Å². The van der Waals surface area contributed by atoms with Gasteiger partial charge in [0, 0.05) is 40.7 Å². The van der Waals surface area contributed by atoms with Crippen molar-refractivity contribution >= 4 is 156 Å². The van der Waals surface area contributed by atoms with Crippen LogP contribution in [-0.4, -0.2) is 25.7 Å². The van der Waals surface area contributed by atoms with Crippen molar-refractivity contribution in [2.75, 3.05) is 71.7 Å². The number of hydrogen-bond donors (Lipinski definition) is 3. The largest absolute Gasteiger partial charge is 1.00 e. The van der Waals surface area contributed by atoms with Crippen molar-refractivity contribution in [3.05, 3.63) is 297 Å². The number of fused-ring (bicyclic) bond motifs is 30. The Kier molecular flexibility index (Phi) is 12.6. The summed E-state index contributed by atoms with van der Waals surface area (Å²) in [5.74, 6) is 0.863. The molecule has 10 heterocycles. The Bertz CT molecular complexity index is 3910. The molecular weight excluding hydrogens is 1140 g/mol. The fourth-order valence-corrected chi connectivity index (χ4v) is 15.4. The number of para-hydroxylation sites is 24. The molecule has 0 atom stereocenters. The zero-order chi connectivity index (χ0) is 59.8. The Hall–Kier alpha value is -10.7. The van der Waals surface area contributed by atoms with Crippen molar-refractivity contribution < 1.29 is 18.9 Å². The van der Waals surface area contributed by atoms with E-state index in [0.29, 0.717) is 0 Å². The molecule has 0 spiro atoms. The van der Waals surface area contributed by atoms with Crippen LogP contribution in [0, 0.1) is 6.29 Å². The Balaban J connectivity index is 0.0000000904. The first-order chi connectivity index (χ1) is 45.2. The van der Waals surface area contributed by atoms with Gasteiger partial charge in [-0.2, -0.15) is 12.6 Å². The van der Waals surface area contributed by atoms with Gasteiger partial charge in [0.1, 0.15) is 0 Å². The van der Waals surface area contributed by atoms with E-state index < -0.39 is 0 Å². The van der Waals surface area contributed by atoms with E-state index in [0.717, 1.165) is 41.5 Å². The molecule has 0 saturated carbocycles. The minimum Gasteiger partial charge on any atom is -0.449 e. The second-order valence-electron chi connectivity index (χ2n) is 23.7. The number of hydrogen-bond acceptors (Lipinski definition) is 13. The number of rotatable bonds is 3. The van der Waals surface area contributed by atoms with Crippen LogP contribution in [0.25, 0.3) is 0 Å². The van der Waals surface area contributed by atoms with Gasteiger partial charge in [-0.05, 0) is 164 Å². The molecule has 0 aliphatic carbocycles. The van der Waals surface area contributed by atoms with Crippen molar-refractivity contribution in [1.82, 2.24) is 0 Å². The summed E-state index contributed by atoms with van der Waals surface area (Å²) in [6.07, 6.45) is 2.43. The molecule has 2 N–H and O–H groups in total. The monoisotopic (exact) mass is 1200 g/mol. The van der Waals surface area contributed by atoms with Crippen LogP contribution in [0.3, 0.4) is 0 Å². The van der Waals surface area contributed by atoms with E-state index in [-0.39, 0.29) is 32.3 Å². The average Bonchev–Trinajstić information content (AvgIpc) is 1.54. The van der Waals surface area contributed by atoms with Crippen LogP contribution < -0.4 is 78.2 Å². The van der Waals surface area contributed by atoms with Crippen molar-refractivity contribution in [2.45, 2.75) is 12.7 Å². The van der Waals surface area contributed by atoms with Crippen LogP contribution in [0.1, 0.15) is 6.42 Å². The van der Waals surface area contributed by atoms with Crippen molar-refractivity contribution in [3.63, 3.8) is 0 Å². The number of nitrogens with zero attached hydrogens (tertiary/aromatic N) is 10. The summed E-state index contributed by atoms with van der Waals surface area (Å²) in [7, 11) is 0.201. The first kappa shape index (κ1) is 54.2. The van der Waals surface area contributed by atoms with Crippen LogP contribution in [0.4, 0.5) is 136 Å². The fourth-order valence-electron chi connectivity index (χ4n) is 15.3. The Morgan fingerprint density at radius 2 is 0.500 bits per heavy atom. The molecule has 0 fully saturated rings. The van der Waals surface area contributed by atoms with Gasteiger partial charge in [-0.3, -0.25) is 14.7 Å². The molecule has 0 unspecified atom stereocenters. The van der Waals surface area contributed by atoms with Crippen LogP contribution in [0.2, 0.25) is 0 Å². The summed E-state index contributed by atoms with van der Waals surface area (Å²) in [6, 6.07) is 103. The molecule has 0 saturated heterocycles. The number of benzene rings is 12. The quantitative estimate of drug-likeness (QED) is 0.0897. The number of nitrogens with one attached hydrogen (secondary N) is 2. The molecule has 0 bridgehead atoms. The Morgan fingerprint density at radius 3 is 0.761 bits per heavy atom. The third-order valence-electron chi connectivity index (χ3n) is 18.9. The summed E-state index contributed by atoms with van der Waals surface area (Å²) in [6.45, 7) is 0.914. The average molecular weight is 1200 g/mol. The smallest absolute Gasteiger partial charge is 0.449 e. The molecule has 0 amide bonds. The van der Waals surface area contributed by atoms with Crippen LogP contribution in [-0.2, 0) is 0 Å². The fraction of sp³-hybridized carbons (Fsp3) is 0.0519. The van der Waals surface area contributed by atoms with Gasteiger partial charge in [0.2, 0.25) is 0 Å². The molecule has 15 heteroatoms. The number of thiol groups is 1. The van der Waals surface area contributed by atoms with Gasteiger partial charge in [0.15, 0.2) is 6.29 Å². The van der Waals surface area contributed by atoms with Gasteiger partial charge in [-0.25, -0.2) is 0 Å². The van der Waals surface area contributed by atoms with Crippen LogP contribution in [0.15, 0.2) is 291 Å². The van der Waals surface area contributed by atoms with E-state index in [4.69, 9.17) is 0 Å². The molecule has 10 aliphatic rings. The summed E-state index contributed by atoms with van der Waals surface area (Å²) in [5.41, 5.74) is 29.7. The predicted octanol–water partition coefficient (Wildman–Crippen LogP) is 17.0. The van der Waals surface area contributed by atoms with E-state index in [1.807, 2.05) is 0 Å². The molecule has 12 aromatic carbocycles. The minimum atomic E-state index is 0. The van der Waals surface area contributed by atoms with Gasteiger partial charge >= 0.3 is 26.0 Å². The topological polar surface area (TPSA) is 56.5 Å². The molecule has 92 heavy (non-hydrogen) atoms. The van der Waals surface area contributed by atoms with Crippen molar-refractivity contribution in [2.24, 2.45) is 0 Å². The standard InChI is InChI=1S/C21H21N3S.C19H13N3.C19H12N3.C18H12BN3.Li/c25-15-7-14-24-20-12-5-3-10-18(20)22-16-8-1-2-9-17(16)23-19-11-4-6-13-21(19)24;3*1-2-8-14-13(7-1)20-15-9-3-4-10-16(15)22-18-12-6-5-11-17(18)21(14)19(20)22;/h1-6,8-13,22-23,25H,7,14-15H2;1-12,19H;2*1-12H;/q;;-1;;+1. The second kappa shape index (κ2) is 21.5. The summed E-state index contributed by atoms with van der Waals surface area (Å²) in [4.78, 5) is 24.2. The van der Waals surface area contributed by atoms with E-state index in [1.54, 1.807) is 0 Å². The molecular formula is C77H58BLiN12S. The maximum Gasteiger partial charge on any atom is 1.00 e. The van der Waals surface area contributed by atoms with Gasteiger partial charge in [0.25, 0.3) is 0 Å². The second-order valence-corrected chi connectivity index (χ2v) is 24.1. The Labute approximate surface area is 553 Å². The van der Waals surface area contributed by atoms with Crippen LogP contribution >= 0.6 is 12.6 Å². The zero-order valence-corrected chi connectivity index (χ0v) is 51.3. The zero-order valence-electron chi connectivity index (χ0n) is 50.4. The van der Waals surface area contributed by atoms with Crippen molar-refractivity contribution in [1.29, 1.82) is 0 Å². The predicted molar refractivity (Wildman–Crippen MR) is 381 cm³/mol. The normalized spacial score (nSPS) is 15.1.